The molecule has 2 N–H and O–H groups in total. The monoisotopic (exact) mass is 298 g/mol. The van der Waals surface area contributed by atoms with E-state index in [-0.39, 0.29) is 11.9 Å². The summed E-state index contributed by atoms with van der Waals surface area (Å²) in [5.74, 6) is 0.690. The first-order chi connectivity index (χ1) is 10.7. The number of hydrogen-bond donors (Lipinski definition) is 2. The Morgan fingerprint density at radius 1 is 1.41 bits per heavy atom. The normalized spacial score (nSPS) is 21.5. The molecule has 1 aliphatic rings. The van der Waals surface area contributed by atoms with Gasteiger partial charge >= 0.3 is 0 Å². The van der Waals surface area contributed by atoms with Crippen LogP contribution in [-0.2, 0) is 11.3 Å². The number of amides is 1. The molecule has 1 aliphatic heterocycles. The highest BCUT2D eigenvalue weighted by Gasteiger charge is 2.24. The van der Waals surface area contributed by atoms with E-state index in [1.165, 1.54) is 0 Å². The highest BCUT2D eigenvalue weighted by Crippen LogP contribution is 2.16. The molecule has 1 aromatic carbocycles. The number of benzene rings is 1. The number of carbonyl (C=O) groups excluding carboxylic acids is 1. The van der Waals surface area contributed by atoms with Gasteiger partial charge in [0, 0.05) is 18.9 Å². The van der Waals surface area contributed by atoms with Crippen LogP contribution < -0.4 is 10.6 Å². The van der Waals surface area contributed by atoms with Crippen LogP contribution in [0.15, 0.2) is 42.7 Å². The summed E-state index contributed by atoms with van der Waals surface area (Å²) >= 11 is 0. The Hall–Kier alpha value is -2.14. The van der Waals surface area contributed by atoms with E-state index in [1.54, 1.807) is 6.20 Å². The zero-order valence-corrected chi connectivity index (χ0v) is 12.8. The van der Waals surface area contributed by atoms with E-state index in [4.69, 9.17) is 0 Å². The summed E-state index contributed by atoms with van der Waals surface area (Å²) in [6, 6.07) is 9.81. The standard InChI is InChI=1S/C17H22N4O/c1-13-7-9-18-15(11-13)17(22)19-12-14-5-2-3-6-16(14)21-10-4-8-20-21/h2-6,8,10,13,15,18H,7,9,11-12H2,1H3,(H,19,22). The lowest BCUT2D eigenvalue weighted by Crippen LogP contribution is -2.48. The second kappa shape index (κ2) is 6.75. The predicted octanol–water partition coefficient (Wildman–Crippen LogP) is 1.88. The molecule has 0 radical (unpaired) electrons. The Labute approximate surface area is 130 Å². The highest BCUT2D eigenvalue weighted by molar-refractivity contribution is 5.81. The van der Waals surface area contributed by atoms with Gasteiger partial charge in [0.1, 0.15) is 0 Å². The van der Waals surface area contributed by atoms with Crippen molar-refractivity contribution in [2.24, 2.45) is 5.92 Å². The summed E-state index contributed by atoms with van der Waals surface area (Å²) in [6.45, 7) is 3.64. The molecule has 2 unspecified atom stereocenters. The fraction of sp³-hybridized carbons (Fsp3) is 0.412. The molecule has 2 aromatic rings. The number of piperidine rings is 1. The van der Waals surface area contributed by atoms with Crippen molar-refractivity contribution in [2.45, 2.75) is 32.4 Å². The lowest BCUT2D eigenvalue weighted by atomic mass is 9.94. The minimum Gasteiger partial charge on any atom is -0.351 e. The van der Waals surface area contributed by atoms with Gasteiger partial charge in [0.05, 0.1) is 11.7 Å². The molecule has 2 heterocycles. The van der Waals surface area contributed by atoms with Crippen LogP contribution in [0.5, 0.6) is 0 Å². The minimum absolute atomic E-state index is 0.0689. The van der Waals surface area contributed by atoms with Gasteiger partial charge in [-0.15, -0.1) is 0 Å². The lowest BCUT2D eigenvalue weighted by molar-refractivity contribution is -0.124. The fourth-order valence-electron chi connectivity index (χ4n) is 2.91. The molecule has 1 fully saturated rings. The molecule has 1 saturated heterocycles. The molecule has 0 aliphatic carbocycles. The second-order valence-corrected chi connectivity index (χ2v) is 5.93. The van der Waals surface area contributed by atoms with Gasteiger partial charge in [-0.05, 0) is 43.0 Å². The summed E-state index contributed by atoms with van der Waals surface area (Å²) in [7, 11) is 0. The highest BCUT2D eigenvalue weighted by atomic mass is 16.2. The molecule has 3 rings (SSSR count). The van der Waals surface area contributed by atoms with E-state index in [9.17, 15) is 4.79 Å². The summed E-state index contributed by atoms with van der Waals surface area (Å²) in [5, 5.41) is 10.6. The van der Waals surface area contributed by atoms with Gasteiger partial charge in [-0.1, -0.05) is 25.1 Å². The largest absolute Gasteiger partial charge is 0.351 e. The third-order valence-electron chi connectivity index (χ3n) is 4.18. The summed E-state index contributed by atoms with van der Waals surface area (Å²) in [6.07, 6.45) is 5.71. The van der Waals surface area contributed by atoms with Crippen molar-refractivity contribution in [1.82, 2.24) is 20.4 Å². The van der Waals surface area contributed by atoms with Gasteiger partial charge < -0.3 is 10.6 Å². The van der Waals surface area contributed by atoms with Crippen molar-refractivity contribution in [1.29, 1.82) is 0 Å². The molecule has 116 valence electrons. The van der Waals surface area contributed by atoms with E-state index in [1.807, 2.05) is 41.2 Å². The third kappa shape index (κ3) is 3.36. The SMILES string of the molecule is CC1CCNC(C(=O)NCc2ccccc2-n2cccn2)C1. The Morgan fingerprint density at radius 2 is 2.27 bits per heavy atom. The zero-order chi connectivity index (χ0) is 15.4. The molecule has 2 atom stereocenters. The van der Waals surface area contributed by atoms with Crippen LogP contribution in [-0.4, -0.2) is 28.3 Å². The second-order valence-electron chi connectivity index (χ2n) is 5.93. The number of nitrogens with one attached hydrogen (secondary N) is 2. The summed E-state index contributed by atoms with van der Waals surface area (Å²) in [4.78, 5) is 12.3. The van der Waals surface area contributed by atoms with Crippen LogP contribution in [0, 0.1) is 5.92 Å². The molecule has 0 spiro atoms. The Morgan fingerprint density at radius 3 is 3.05 bits per heavy atom. The van der Waals surface area contributed by atoms with Crippen LogP contribution in [0.4, 0.5) is 0 Å². The van der Waals surface area contributed by atoms with Crippen molar-refractivity contribution in [3.05, 3.63) is 48.3 Å². The van der Waals surface area contributed by atoms with Crippen LogP contribution in [0.2, 0.25) is 0 Å². The van der Waals surface area contributed by atoms with Crippen LogP contribution >= 0.6 is 0 Å². The third-order valence-corrected chi connectivity index (χ3v) is 4.18. The molecule has 0 bridgehead atoms. The molecule has 1 amide bonds. The van der Waals surface area contributed by atoms with Crippen molar-refractivity contribution in [3.8, 4) is 5.69 Å². The van der Waals surface area contributed by atoms with Crippen molar-refractivity contribution < 1.29 is 4.79 Å². The van der Waals surface area contributed by atoms with Crippen molar-refractivity contribution in [2.75, 3.05) is 6.54 Å². The Bertz CT molecular complexity index is 623. The first-order valence-corrected chi connectivity index (χ1v) is 7.83. The van der Waals surface area contributed by atoms with Gasteiger partial charge in [-0.2, -0.15) is 5.10 Å². The first-order valence-electron chi connectivity index (χ1n) is 7.83. The average molecular weight is 298 g/mol. The molecular formula is C17H22N4O. The summed E-state index contributed by atoms with van der Waals surface area (Å²) < 4.78 is 1.82. The Kier molecular flexibility index (Phi) is 4.53. The number of para-hydroxylation sites is 1. The van der Waals surface area contributed by atoms with Crippen molar-refractivity contribution in [3.63, 3.8) is 0 Å². The Balaban J connectivity index is 1.65. The van der Waals surface area contributed by atoms with E-state index in [0.717, 1.165) is 30.6 Å². The molecule has 5 heteroatoms. The summed E-state index contributed by atoms with van der Waals surface area (Å²) in [5.41, 5.74) is 2.06. The number of rotatable bonds is 4. The number of aromatic nitrogens is 2. The van der Waals surface area contributed by atoms with Crippen molar-refractivity contribution >= 4 is 5.91 Å². The average Bonchev–Trinajstić information content (AvgIpc) is 3.07. The number of nitrogens with zero attached hydrogens (tertiary/aromatic N) is 2. The van der Waals surface area contributed by atoms with Gasteiger partial charge in [0.15, 0.2) is 0 Å². The van der Waals surface area contributed by atoms with Crippen LogP contribution in [0.25, 0.3) is 5.69 Å². The molecule has 5 nitrogen and oxygen atoms in total. The maximum atomic E-state index is 12.3. The topological polar surface area (TPSA) is 59.0 Å². The van der Waals surface area contributed by atoms with Crippen LogP contribution in [0.3, 0.4) is 0 Å². The van der Waals surface area contributed by atoms with E-state index in [0.29, 0.717) is 12.5 Å². The molecule has 1 aromatic heterocycles. The first kappa shape index (κ1) is 14.8. The van der Waals surface area contributed by atoms with Gasteiger partial charge in [-0.3, -0.25) is 4.79 Å². The molecule has 0 saturated carbocycles. The quantitative estimate of drug-likeness (QED) is 0.906. The smallest absolute Gasteiger partial charge is 0.237 e. The van der Waals surface area contributed by atoms with Crippen LogP contribution in [0.1, 0.15) is 25.3 Å². The number of carbonyl (C=O) groups is 1. The minimum atomic E-state index is -0.0689. The van der Waals surface area contributed by atoms with E-state index < -0.39 is 0 Å². The lowest BCUT2D eigenvalue weighted by Gasteiger charge is -2.27. The van der Waals surface area contributed by atoms with E-state index in [2.05, 4.69) is 22.7 Å². The molecule has 22 heavy (non-hydrogen) atoms. The number of hydrogen-bond acceptors (Lipinski definition) is 3. The maximum absolute atomic E-state index is 12.3. The van der Waals surface area contributed by atoms with Gasteiger partial charge in [0.2, 0.25) is 5.91 Å². The zero-order valence-electron chi connectivity index (χ0n) is 12.8. The van der Waals surface area contributed by atoms with E-state index >= 15 is 0 Å². The maximum Gasteiger partial charge on any atom is 0.237 e. The molecular weight excluding hydrogens is 276 g/mol. The predicted molar refractivity (Wildman–Crippen MR) is 85.6 cm³/mol. The van der Waals surface area contributed by atoms with Gasteiger partial charge in [-0.25, -0.2) is 4.68 Å². The van der Waals surface area contributed by atoms with Gasteiger partial charge in [0.25, 0.3) is 0 Å². The fourth-order valence-corrected chi connectivity index (χ4v) is 2.91.